The van der Waals surface area contributed by atoms with Crippen LogP contribution in [0.4, 0.5) is 5.00 Å². The molecule has 28 heavy (non-hydrogen) atoms. The van der Waals surface area contributed by atoms with Gasteiger partial charge in [-0.25, -0.2) is 0 Å². The highest BCUT2D eigenvalue weighted by molar-refractivity contribution is 7.14. The fourth-order valence-electron chi connectivity index (χ4n) is 2.69. The van der Waals surface area contributed by atoms with Crippen molar-refractivity contribution < 1.29 is 19.1 Å². The van der Waals surface area contributed by atoms with Crippen molar-refractivity contribution in [3.05, 3.63) is 59.0 Å². The normalized spacial score (nSPS) is 11.5. The number of hydrogen-bond donors (Lipinski definition) is 1. The number of ether oxygens (including phenoxy) is 2. The van der Waals surface area contributed by atoms with Gasteiger partial charge in [0.2, 0.25) is 0 Å². The summed E-state index contributed by atoms with van der Waals surface area (Å²) in [6.07, 6.45) is 0. The van der Waals surface area contributed by atoms with Gasteiger partial charge in [-0.05, 0) is 46.8 Å². The lowest BCUT2D eigenvalue weighted by Gasteiger charge is -2.13. The third kappa shape index (κ3) is 4.30. The summed E-state index contributed by atoms with van der Waals surface area (Å²) in [6, 6.07) is 15.0. The quantitative estimate of drug-likeness (QED) is 0.637. The van der Waals surface area contributed by atoms with Gasteiger partial charge in [-0.3, -0.25) is 9.59 Å². The first-order chi connectivity index (χ1) is 13.5. The number of nitrogens with one attached hydrogen (secondary N) is 1. The average molecular weight is 394 g/mol. The molecule has 0 radical (unpaired) electrons. The molecule has 3 rings (SSSR count). The van der Waals surface area contributed by atoms with Crippen LogP contribution in [0.1, 0.15) is 24.0 Å². The van der Waals surface area contributed by atoms with Gasteiger partial charge in [0.1, 0.15) is 16.8 Å². The molecule has 0 unspecified atom stereocenters. The minimum Gasteiger partial charge on any atom is -0.497 e. The van der Waals surface area contributed by atoms with Crippen LogP contribution >= 0.6 is 11.3 Å². The highest BCUT2D eigenvalue weighted by atomic mass is 32.1. The third-order valence-corrected chi connectivity index (χ3v) is 5.14. The summed E-state index contributed by atoms with van der Waals surface area (Å²) in [5.41, 5.74) is 1.18. The number of carbonyl (C=O) groups excluding carboxylic acids is 2. The van der Waals surface area contributed by atoms with E-state index in [0.717, 1.165) is 22.1 Å². The maximum atomic E-state index is 12.3. The van der Waals surface area contributed by atoms with Gasteiger partial charge in [-0.15, -0.1) is 11.3 Å². The number of thiophene rings is 1. The second kappa shape index (κ2) is 8.55. The van der Waals surface area contributed by atoms with E-state index in [0.29, 0.717) is 10.6 Å². The molecule has 7 heteroatoms. The molecule has 0 saturated heterocycles. The van der Waals surface area contributed by atoms with Crippen molar-refractivity contribution in [3.8, 4) is 11.8 Å². The SMILES string of the molecule is COc1ccc2cc([C@H](C)C(=O)OCC(=O)Nc3sccc3C#N)ccc2c1. The van der Waals surface area contributed by atoms with Crippen molar-refractivity contribution in [2.75, 3.05) is 19.0 Å². The van der Waals surface area contributed by atoms with Crippen molar-refractivity contribution in [1.29, 1.82) is 5.26 Å². The number of amides is 1. The highest BCUT2D eigenvalue weighted by Gasteiger charge is 2.19. The van der Waals surface area contributed by atoms with E-state index in [1.807, 2.05) is 42.5 Å². The molecule has 3 aromatic rings. The van der Waals surface area contributed by atoms with Gasteiger partial charge in [-0.1, -0.05) is 24.3 Å². The number of rotatable bonds is 6. The first kappa shape index (κ1) is 19.4. The van der Waals surface area contributed by atoms with E-state index in [4.69, 9.17) is 14.7 Å². The Morgan fingerprint density at radius 3 is 2.68 bits per heavy atom. The number of hydrogen-bond acceptors (Lipinski definition) is 6. The summed E-state index contributed by atoms with van der Waals surface area (Å²) in [6.45, 7) is 1.33. The van der Waals surface area contributed by atoms with E-state index in [1.165, 1.54) is 11.3 Å². The van der Waals surface area contributed by atoms with E-state index >= 15 is 0 Å². The number of esters is 1. The number of fused-ring (bicyclic) bond motifs is 1. The lowest BCUT2D eigenvalue weighted by atomic mass is 9.98. The Morgan fingerprint density at radius 2 is 1.93 bits per heavy atom. The molecule has 1 aromatic heterocycles. The summed E-state index contributed by atoms with van der Waals surface area (Å²) in [5, 5.41) is 15.7. The average Bonchev–Trinajstić information content (AvgIpc) is 3.17. The third-order valence-electron chi connectivity index (χ3n) is 4.31. The number of anilines is 1. The second-order valence-electron chi connectivity index (χ2n) is 6.13. The molecular weight excluding hydrogens is 376 g/mol. The molecule has 0 aliphatic rings. The fraction of sp³-hybridized carbons (Fsp3) is 0.190. The van der Waals surface area contributed by atoms with E-state index in [1.54, 1.807) is 25.5 Å². The van der Waals surface area contributed by atoms with Gasteiger partial charge in [0.05, 0.1) is 18.6 Å². The Kier molecular flexibility index (Phi) is 5.92. The molecule has 1 N–H and O–H groups in total. The van der Waals surface area contributed by atoms with Crippen LogP contribution in [-0.4, -0.2) is 25.6 Å². The van der Waals surface area contributed by atoms with Crippen LogP contribution in [0.2, 0.25) is 0 Å². The Morgan fingerprint density at radius 1 is 1.18 bits per heavy atom. The Labute approximate surface area is 166 Å². The van der Waals surface area contributed by atoms with E-state index in [-0.39, 0.29) is 0 Å². The van der Waals surface area contributed by atoms with Crippen molar-refractivity contribution in [2.45, 2.75) is 12.8 Å². The van der Waals surface area contributed by atoms with E-state index in [9.17, 15) is 9.59 Å². The van der Waals surface area contributed by atoms with Crippen LogP contribution in [0.25, 0.3) is 10.8 Å². The summed E-state index contributed by atoms with van der Waals surface area (Å²) >= 11 is 1.24. The fourth-order valence-corrected chi connectivity index (χ4v) is 3.45. The van der Waals surface area contributed by atoms with Gasteiger partial charge in [0.25, 0.3) is 5.91 Å². The minimum atomic E-state index is -0.518. The van der Waals surface area contributed by atoms with E-state index < -0.39 is 24.4 Å². The van der Waals surface area contributed by atoms with Gasteiger partial charge in [0, 0.05) is 0 Å². The molecular formula is C21H18N2O4S. The lowest BCUT2D eigenvalue weighted by molar-refractivity contribution is -0.148. The Balaban J connectivity index is 1.61. The van der Waals surface area contributed by atoms with Gasteiger partial charge in [0.15, 0.2) is 6.61 Å². The first-order valence-electron chi connectivity index (χ1n) is 8.53. The zero-order valence-electron chi connectivity index (χ0n) is 15.4. The zero-order chi connectivity index (χ0) is 20.1. The molecule has 0 aliphatic carbocycles. The first-order valence-corrected chi connectivity index (χ1v) is 9.41. The molecule has 0 fully saturated rings. The van der Waals surface area contributed by atoms with Crippen LogP contribution in [0.5, 0.6) is 5.75 Å². The van der Waals surface area contributed by atoms with Crippen molar-refractivity contribution in [1.82, 2.24) is 0 Å². The highest BCUT2D eigenvalue weighted by Crippen LogP contribution is 2.26. The lowest BCUT2D eigenvalue weighted by Crippen LogP contribution is -2.23. The molecule has 1 heterocycles. The maximum absolute atomic E-state index is 12.3. The summed E-state index contributed by atoms with van der Waals surface area (Å²) in [5.74, 6) is -0.723. The molecule has 0 bridgehead atoms. The van der Waals surface area contributed by atoms with Crippen LogP contribution in [0, 0.1) is 11.3 Å². The number of benzene rings is 2. The van der Waals surface area contributed by atoms with Gasteiger partial charge >= 0.3 is 5.97 Å². The Bertz CT molecular complexity index is 1070. The number of nitrogens with zero attached hydrogens (tertiary/aromatic N) is 1. The molecule has 1 atom stereocenters. The zero-order valence-corrected chi connectivity index (χ0v) is 16.2. The largest absolute Gasteiger partial charge is 0.497 e. The van der Waals surface area contributed by atoms with Crippen LogP contribution in [0.15, 0.2) is 47.8 Å². The van der Waals surface area contributed by atoms with E-state index in [2.05, 4.69) is 5.32 Å². The summed E-state index contributed by atoms with van der Waals surface area (Å²) in [7, 11) is 1.61. The van der Waals surface area contributed by atoms with Crippen LogP contribution in [-0.2, 0) is 14.3 Å². The number of carbonyl (C=O) groups is 2. The summed E-state index contributed by atoms with van der Waals surface area (Å²) in [4.78, 5) is 24.3. The molecule has 0 aliphatic heterocycles. The monoisotopic (exact) mass is 394 g/mol. The molecule has 0 saturated carbocycles. The Hall–Kier alpha value is -3.37. The molecule has 142 valence electrons. The smallest absolute Gasteiger partial charge is 0.313 e. The second-order valence-corrected chi connectivity index (χ2v) is 7.04. The topological polar surface area (TPSA) is 88.4 Å². The van der Waals surface area contributed by atoms with Crippen molar-refractivity contribution >= 4 is 39.0 Å². The predicted octanol–water partition coefficient (Wildman–Crippen LogP) is 4.07. The molecule has 2 aromatic carbocycles. The standard InChI is InChI=1S/C21H18N2O4S/c1-13(14-3-4-16-10-18(26-2)6-5-15(16)9-14)21(25)27-12-19(24)23-20-17(11-22)7-8-28-20/h3-10,13H,12H2,1-2H3,(H,23,24)/t13-/m0/s1. The van der Waals surface area contributed by atoms with Gasteiger partial charge in [-0.2, -0.15) is 5.26 Å². The van der Waals surface area contributed by atoms with Gasteiger partial charge < -0.3 is 14.8 Å². The molecule has 1 amide bonds. The van der Waals surface area contributed by atoms with Crippen molar-refractivity contribution in [3.63, 3.8) is 0 Å². The molecule has 0 spiro atoms. The minimum absolute atomic E-state index is 0.380. The summed E-state index contributed by atoms with van der Waals surface area (Å²) < 4.78 is 10.4. The van der Waals surface area contributed by atoms with Crippen molar-refractivity contribution in [2.24, 2.45) is 0 Å². The number of methoxy groups -OCH3 is 1. The molecule has 6 nitrogen and oxygen atoms in total. The number of nitriles is 1. The predicted molar refractivity (Wildman–Crippen MR) is 108 cm³/mol. The van der Waals surface area contributed by atoms with Crippen LogP contribution in [0.3, 0.4) is 0 Å². The van der Waals surface area contributed by atoms with Crippen LogP contribution < -0.4 is 10.1 Å². The maximum Gasteiger partial charge on any atom is 0.313 e.